The van der Waals surface area contributed by atoms with E-state index in [1.165, 1.54) is 25.9 Å². The Kier molecular flexibility index (Phi) is 7.12. The fraction of sp³-hybridized carbons (Fsp3) is 0.923. The molecule has 0 aromatic carbocycles. The Labute approximate surface area is 117 Å². The number of hydrogen-bond acceptors (Lipinski definition) is 4. The van der Waals surface area contributed by atoms with Crippen molar-refractivity contribution in [3.8, 4) is 0 Å². The molecule has 1 saturated heterocycles. The number of methoxy groups -OCH3 is 1. The second-order valence-electron chi connectivity index (χ2n) is 5.53. The van der Waals surface area contributed by atoms with Crippen LogP contribution in [0.3, 0.4) is 0 Å². The molecule has 0 aliphatic carbocycles. The van der Waals surface area contributed by atoms with Crippen molar-refractivity contribution in [2.75, 3.05) is 47.4 Å². The van der Waals surface area contributed by atoms with Crippen molar-refractivity contribution in [2.45, 2.75) is 25.8 Å². The fourth-order valence-electron chi connectivity index (χ4n) is 2.45. The number of aliphatic imine (C=N–C) groups is 1. The summed E-state index contributed by atoms with van der Waals surface area (Å²) in [4.78, 5) is 9.03. The molecule has 6 heteroatoms. The van der Waals surface area contributed by atoms with Gasteiger partial charge in [0.15, 0.2) is 0 Å². The van der Waals surface area contributed by atoms with Gasteiger partial charge in [-0.05, 0) is 45.8 Å². The largest absolute Gasteiger partial charge is 0.382 e. The molecule has 6 nitrogen and oxygen atoms in total. The first-order chi connectivity index (χ1) is 9.06. The van der Waals surface area contributed by atoms with E-state index in [1.54, 1.807) is 7.11 Å². The standard InChI is InChI=1S/C13H29N5O/c1-11(10-19-4)15-13(16-14)18(3)9-12-5-7-17(2)8-6-12/h11-12H,5-10,14H2,1-4H3,(H,15,16). The van der Waals surface area contributed by atoms with E-state index < -0.39 is 0 Å². The minimum absolute atomic E-state index is 0.107. The van der Waals surface area contributed by atoms with Gasteiger partial charge in [0, 0.05) is 20.7 Å². The van der Waals surface area contributed by atoms with Crippen molar-refractivity contribution < 1.29 is 4.74 Å². The third kappa shape index (κ3) is 5.76. The van der Waals surface area contributed by atoms with Crippen molar-refractivity contribution in [3.63, 3.8) is 0 Å². The Morgan fingerprint density at radius 3 is 2.68 bits per heavy atom. The predicted molar refractivity (Wildman–Crippen MR) is 78.9 cm³/mol. The van der Waals surface area contributed by atoms with Crippen LogP contribution >= 0.6 is 0 Å². The van der Waals surface area contributed by atoms with Crippen LogP contribution in [0.1, 0.15) is 19.8 Å². The second-order valence-corrected chi connectivity index (χ2v) is 5.53. The molecule has 1 aliphatic heterocycles. The summed E-state index contributed by atoms with van der Waals surface area (Å²) in [6, 6.07) is 0.107. The van der Waals surface area contributed by atoms with Gasteiger partial charge in [0.2, 0.25) is 5.96 Å². The molecule has 0 radical (unpaired) electrons. The van der Waals surface area contributed by atoms with Crippen molar-refractivity contribution >= 4 is 5.96 Å². The molecule has 1 fully saturated rings. The monoisotopic (exact) mass is 271 g/mol. The number of rotatable bonds is 5. The van der Waals surface area contributed by atoms with Crippen LogP contribution in [0.15, 0.2) is 4.99 Å². The smallest absolute Gasteiger partial charge is 0.208 e. The molecule has 0 bridgehead atoms. The maximum Gasteiger partial charge on any atom is 0.208 e. The minimum Gasteiger partial charge on any atom is -0.382 e. The summed E-state index contributed by atoms with van der Waals surface area (Å²) in [6.45, 7) is 5.98. The molecule has 1 aliphatic rings. The SMILES string of the molecule is COCC(C)N=C(NN)N(C)CC1CCN(C)CC1. The number of ether oxygens (including phenoxy) is 1. The number of nitrogens with two attached hydrogens (primary N) is 1. The maximum atomic E-state index is 5.57. The molecule has 112 valence electrons. The third-order valence-electron chi connectivity index (χ3n) is 3.61. The summed E-state index contributed by atoms with van der Waals surface area (Å²) in [5.41, 5.74) is 2.70. The van der Waals surface area contributed by atoms with Crippen LogP contribution in [0.25, 0.3) is 0 Å². The quantitative estimate of drug-likeness (QED) is 0.322. The Hall–Kier alpha value is -0.850. The lowest BCUT2D eigenvalue weighted by molar-refractivity contribution is 0.183. The highest BCUT2D eigenvalue weighted by atomic mass is 16.5. The first-order valence-corrected chi connectivity index (χ1v) is 6.99. The Morgan fingerprint density at radius 2 is 2.16 bits per heavy atom. The number of hydrogen-bond donors (Lipinski definition) is 2. The van der Waals surface area contributed by atoms with Crippen LogP contribution in [-0.2, 0) is 4.74 Å². The second kappa shape index (κ2) is 8.35. The van der Waals surface area contributed by atoms with Gasteiger partial charge < -0.3 is 14.5 Å². The molecular weight excluding hydrogens is 242 g/mol. The highest BCUT2D eigenvalue weighted by molar-refractivity contribution is 5.79. The first-order valence-electron chi connectivity index (χ1n) is 6.99. The molecule has 19 heavy (non-hydrogen) atoms. The normalized spacial score (nSPS) is 20.4. The summed E-state index contributed by atoms with van der Waals surface area (Å²) in [5, 5.41) is 0. The highest BCUT2D eigenvalue weighted by Gasteiger charge is 2.19. The van der Waals surface area contributed by atoms with Crippen LogP contribution in [-0.4, -0.2) is 69.2 Å². The third-order valence-corrected chi connectivity index (χ3v) is 3.61. The van der Waals surface area contributed by atoms with Gasteiger partial charge in [0.05, 0.1) is 12.6 Å². The van der Waals surface area contributed by atoms with E-state index in [1.807, 2.05) is 14.0 Å². The average Bonchev–Trinajstić information content (AvgIpc) is 2.39. The molecule has 0 saturated carbocycles. The molecule has 3 N–H and O–H groups in total. The number of hydrazine groups is 1. The lowest BCUT2D eigenvalue weighted by Crippen LogP contribution is -2.46. The van der Waals surface area contributed by atoms with E-state index in [-0.39, 0.29) is 6.04 Å². The van der Waals surface area contributed by atoms with E-state index in [0.717, 1.165) is 18.4 Å². The van der Waals surface area contributed by atoms with Gasteiger partial charge in [-0.25, -0.2) is 10.8 Å². The predicted octanol–water partition coefficient (Wildman–Crippen LogP) is 0.114. The van der Waals surface area contributed by atoms with Crippen LogP contribution in [0.4, 0.5) is 0 Å². The van der Waals surface area contributed by atoms with E-state index in [4.69, 9.17) is 10.6 Å². The summed E-state index contributed by atoms with van der Waals surface area (Å²) < 4.78 is 5.09. The van der Waals surface area contributed by atoms with Crippen molar-refractivity contribution in [1.82, 2.24) is 15.2 Å². The molecule has 1 atom stereocenters. The van der Waals surface area contributed by atoms with Gasteiger partial charge >= 0.3 is 0 Å². The zero-order valence-electron chi connectivity index (χ0n) is 12.7. The minimum atomic E-state index is 0.107. The number of nitrogens with one attached hydrogen (secondary N) is 1. The van der Waals surface area contributed by atoms with Gasteiger partial charge in [-0.3, -0.25) is 5.43 Å². The van der Waals surface area contributed by atoms with Gasteiger partial charge in [-0.15, -0.1) is 0 Å². The molecule has 0 aromatic heterocycles. The zero-order valence-corrected chi connectivity index (χ0v) is 12.7. The van der Waals surface area contributed by atoms with Crippen molar-refractivity contribution in [3.05, 3.63) is 0 Å². The average molecular weight is 271 g/mol. The van der Waals surface area contributed by atoms with Gasteiger partial charge in [0.1, 0.15) is 0 Å². The van der Waals surface area contributed by atoms with Crippen LogP contribution in [0.5, 0.6) is 0 Å². The Bertz CT molecular complexity index is 276. The van der Waals surface area contributed by atoms with Gasteiger partial charge in [0.25, 0.3) is 0 Å². The van der Waals surface area contributed by atoms with E-state index >= 15 is 0 Å². The molecule has 1 heterocycles. The molecule has 1 unspecified atom stereocenters. The summed E-state index contributed by atoms with van der Waals surface area (Å²) in [7, 11) is 5.90. The molecule has 1 rings (SSSR count). The fourth-order valence-corrected chi connectivity index (χ4v) is 2.45. The van der Waals surface area contributed by atoms with Crippen molar-refractivity contribution in [1.29, 1.82) is 0 Å². The van der Waals surface area contributed by atoms with Crippen molar-refractivity contribution in [2.24, 2.45) is 16.8 Å². The van der Waals surface area contributed by atoms with E-state index in [9.17, 15) is 0 Å². The van der Waals surface area contributed by atoms with Crippen LogP contribution in [0.2, 0.25) is 0 Å². The van der Waals surface area contributed by atoms with Crippen LogP contribution < -0.4 is 11.3 Å². The molecule has 0 amide bonds. The first kappa shape index (κ1) is 16.2. The topological polar surface area (TPSA) is 66.1 Å². The van der Waals surface area contributed by atoms with Gasteiger partial charge in [-0.2, -0.15) is 0 Å². The number of piperidine rings is 1. The van der Waals surface area contributed by atoms with E-state index in [2.05, 4.69) is 27.3 Å². The highest BCUT2D eigenvalue weighted by Crippen LogP contribution is 2.16. The lowest BCUT2D eigenvalue weighted by atomic mass is 9.97. The Morgan fingerprint density at radius 1 is 1.53 bits per heavy atom. The van der Waals surface area contributed by atoms with E-state index in [0.29, 0.717) is 6.61 Å². The number of nitrogens with zero attached hydrogens (tertiary/aromatic N) is 3. The molecule has 0 spiro atoms. The van der Waals surface area contributed by atoms with Crippen LogP contribution in [0, 0.1) is 5.92 Å². The summed E-state index contributed by atoms with van der Waals surface area (Å²) in [5.74, 6) is 7.03. The molecule has 0 aromatic rings. The zero-order chi connectivity index (χ0) is 14.3. The van der Waals surface area contributed by atoms with Gasteiger partial charge in [-0.1, -0.05) is 0 Å². The lowest BCUT2D eigenvalue weighted by Gasteiger charge is -2.32. The Balaban J connectivity index is 2.46. The summed E-state index contributed by atoms with van der Waals surface area (Å²) in [6.07, 6.45) is 2.48. The number of likely N-dealkylation sites (tertiary alicyclic amines) is 1. The number of guanidine groups is 1. The summed E-state index contributed by atoms with van der Waals surface area (Å²) >= 11 is 0. The maximum absolute atomic E-state index is 5.57. The molecular formula is C13H29N5O.